The van der Waals surface area contributed by atoms with Gasteiger partial charge in [0, 0.05) is 13.5 Å². The number of ether oxygens (including phenoxy) is 2. The van der Waals surface area contributed by atoms with E-state index in [-0.39, 0.29) is 5.89 Å². The fourth-order valence-electron chi connectivity index (χ4n) is 0.946. The minimum atomic E-state index is -0.722. The summed E-state index contributed by atoms with van der Waals surface area (Å²) in [7, 11) is 1.62. The Morgan fingerprint density at radius 2 is 2.20 bits per heavy atom. The number of hydrogen-bond donors (Lipinski definition) is 1. The molecule has 86 valence electrons. The molecule has 0 bridgehead atoms. The van der Waals surface area contributed by atoms with Gasteiger partial charge >= 0.3 is 0 Å². The van der Waals surface area contributed by atoms with Crippen LogP contribution in [0.2, 0.25) is 0 Å². The summed E-state index contributed by atoms with van der Waals surface area (Å²) in [5.41, 5.74) is 0. The minimum absolute atomic E-state index is 0.238. The maximum Gasteiger partial charge on any atom is 0.255 e. The molecule has 1 heterocycles. The molecule has 1 atom stereocenters. The van der Waals surface area contributed by atoms with E-state index < -0.39 is 6.10 Å². The third-order valence-corrected chi connectivity index (χ3v) is 1.74. The first-order chi connectivity index (χ1) is 7.24. The largest absolute Gasteiger partial charge is 0.384 e. The lowest BCUT2D eigenvalue weighted by molar-refractivity contribution is 0.0714. The minimum Gasteiger partial charge on any atom is -0.384 e. The average molecular weight is 216 g/mol. The normalized spacial score (nSPS) is 13.0. The maximum absolute atomic E-state index is 9.13. The second kappa shape index (κ2) is 6.49. The molecular weight excluding hydrogens is 200 g/mol. The Morgan fingerprint density at radius 3 is 2.80 bits per heavy atom. The van der Waals surface area contributed by atoms with E-state index in [1.165, 1.54) is 0 Å². The first-order valence-electron chi connectivity index (χ1n) is 4.81. The molecule has 0 unspecified atom stereocenters. The average Bonchev–Trinajstić information content (AvgIpc) is 2.66. The number of methoxy groups -OCH3 is 1. The molecule has 15 heavy (non-hydrogen) atoms. The zero-order valence-electron chi connectivity index (χ0n) is 8.97. The molecular formula is C9H16N2O4. The lowest BCUT2D eigenvalue weighted by Gasteiger charge is -2.00. The second-order valence-corrected chi connectivity index (χ2v) is 3.08. The van der Waals surface area contributed by atoms with Crippen molar-refractivity contribution in [2.24, 2.45) is 0 Å². The highest BCUT2D eigenvalue weighted by molar-refractivity contribution is 4.88. The molecule has 1 aromatic heterocycles. The van der Waals surface area contributed by atoms with Gasteiger partial charge in [-0.15, -0.1) is 0 Å². The van der Waals surface area contributed by atoms with Gasteiger partial charge in [-0.25, -0.2) is 0 Å². The Bertz CT molecular complexity index is 275. The SMILES string of the molecule is COCCOCCc1noc([C@H](C)O)n1. The molecule has 0 aliphatic rings. The van der Waals surface area contributed by atoms with Crippen LogP contribution in [0.25, 0.3) is 0 Å². The van der Waals surface area contributed by atoms with Gasteiger partial charge in [0.25, 0.3) is 5.89 Å². The summed E-state index contributed by atoms with van der Waals surface area (Å²) in [6.07, 6.45) is -0.152. The first kappa shape index (κ1) is 12.1. The van der Waals surface area contributed by atoms with E-state index in [0.29, 0.717) is 32.1 Å². The van der Waals surface area contributed by atoms with E-state index >= 15 is 0 Å². The Hall–Kier alpha value is -0.980. The molecule has 1 N–H and O–H groups in total. The van der Waals surface area contributed by atoms with Crippen LogP contribution in [0.15, 0.2) is 4.52 Å². The number of aromatic nitrogens is 2. The third-order valence-electron chi connectivity index (χ3n) is 1.74. The molecule has 0 amide bonds. The van der Waals surface area contributed by atoms with Crippen molar-refractivity contribution in [3.05, 3.63) is 11.7 Å². The highest BCUT2D eigenvalue weighted by Crippen LogP contribution is 2.08. The summed E-state index contributed by atoms with van der Waals surface area (Å²) in [6, 6.07) is 0. The standard InChI is InChI=1S/C9H16N2O4/c1-7(12)9-10-8(11-15-9)3-4-14-6-5-13-2/h7,12H,3-6H2,1-2H3/t7-/m0/s1. The van der Waals surface area contributed by atoms with Crippen molar-refractivity contribution < 1.29 is 19.1 Å². The summed E-state index contributed by atoms with van der Waals surface area (Å²) in [6.45, 7) is 3.22. The highest BCUT2D eigenvalue weighted by atomic mass is 16.5. The summed E-state index contributed by atoms with van der Waals surface area (Å²) in [5, 5.41) is 12.8. The van der Waals surface area contributed by atoms with Crippen molar-refractivity contribution in [1.82, 2.24) is 10.1 Å². The molecule has 0 spiro atoms. The van der Waals surface area contributed by atoms with Gasteiger partial charge in [-0.2, -0.15) is 4.98 Å². The summed E-state index contributed by atoms with van der Waals surface area (Å²) >= 11 is 0. The number of aliphatic hydroxyl groups excluding tert-OH is 1. The summed E-state index contributed by atoms with van der Waals surface area (Å²) < 4.78 is 14.9. The third kappa shape index (κ3) is 4.37. The molecule has 1 aromatic rings. The second-order valence-electron chi connectivity index (χ2n) is 3.08. The molecule has 0 aliphatic carbocycles. The van der Waals surface area contributed by atoms with Crippen molar-refractivity contribution >= 4 is 0 Å². The molecule has 0 aliphatic heterocycles. The van der Waals surface area contributed by atoms with Crippen molar-refractivity contribution in [3.63, 3.8) is 0 Å². The van der Waals surface area contributed by atoms with Crippen LogP contribution in [0.3, 0.4) is 0 Å². The van der Waals surface area contributed by atoms with Gasteiger partial charge < -0.3 is 19.1 Å². The fraction of sp³-hybridized carbons (Fsp3) is 0.778. The summed E-state index contributed by atoms with van der Waals surface area (Å²) in [5.74, 6) is 0.783. The van der Waals surface area contributed by atoms with Crippen LogP contribution in [-0.4, -0.2) is 42.2 Å². The van der Waals surface area contributed by atoms with Crippen LogP contribution in [0.4, 0.5) is 0 Å². The lowest BCUT2D eigenvalue weighted by Crippen LogP contribution is -2.05. The molecule has 1 rings (SSSR count). The van der Waals surface area contributed by atoms with Crippen molar-refractivity contribution in [2.45, 2.75) is 19.4 Å². The summed E-state index contributed by atoms with van der Waals surface area (Å²) in [4.78, 5) is 3.99. The topological polar surface area (TPSA) is 77.6 Å². The van der Waals surface area contributed by atoms with Crippen LogP contribution >= 0.6 is 0 Å². The molecule has 0 saturated carbocycles. The van der Waals surface area contributed by atoms with Gasteiger partial charge in [-0.05, 0) is 6.92 Å². The van der Waals surface area contributed by atoms with Crippen LogP contribution in [0.1, 0.15) is 24.7 Å². The predicted octanol–water partition coefficient (Wildman–Crippen LogP) is 0.328. The Balaban J connectivity index is 2.20. The van der Waals surface area contributed by atoms with Gasteiger partial charge in [0.15, 0.2) is 5.82 Å². The zero-order chi connectivity index (χ0) is 11.1. The molecule has 0 saturated heterocycles. The van der Waals surface area contributed by atoms with Crippen molar-refractivity contribution in [3.8, 4) is 0 Å². The molecule has 0 aromatic carbocycles. The predicted molar refractivity (Wildman–Crippen MR) is 51.3 cm³/mol. The van der Waals surface area contributed by atoms with Gasteiger partial charge in [0.2, 0.25) is 0 Å². The van der Waals surface area contributed by atoms with Gasteiger partial charge in [0.1, 0.15) is 6.10 Å². The van der Waals surface area contributed by atoms with Crippen molar-refractivity contribution in [1.29, 1.82) is 0 Å². The Morgan fingerprint density at radius 1 is 1.40 bits per heavy atom. The van der Waals surface area contributed by atoms with Gasteiger partial charge in [-0.1, -0.05) is 5.16 Å². The van der Waals surface area contributed by atoms with Gasteiger partial charge in [-0.3, -0.25) is 0 Å². The van der Waals surface area contributed by atoms with E-state index in [2.05, 4.69) is 10.1 Å². The van der Waals surface area contributed by atoms with Crippen LogP contribution < -0.4 is 0 Å². The highest BCUT2D eigenvalue weighted by Gasteiger charge is 2.10. The van der Waals surface area contributed by atoms with E-state index in [4.69, 9.17) is 19.1 Å². The van der Waals surface area contributed by atoms with E-state index in [9.17, 15) is 0 Å². The number of hydrogen-bond acceptors (Lipinski definition) is 6. The van der Waals surface area contributed by atoms with E-state index in [0.717, 1.165) is 0 Å². The Kier molecular flexibility index (Phi) is 5.23. The number of nitrogens with zero attached hydrogens (tertiary/aromatic N) is 2. The number of rotatable bonds is 7. The fourth-order valence-corrected chi connectivity index (χ4v) is 0.946. The van der Waals surface area contributed by atoms with Crippen molar-refractivity contribution in [2.75, 3.05) is 26.9 Å². The quantitative estimate of drug-likeness (QED) is 0.662. The Labute approximate surface area is 88.2 Å². The lowest BCUT2D eigenvalue weighted by atomic mass is 10.4. The first-order valence-corrected chi connectivity index (χ1v) is 4.81. The molecule has 6 heteroatoms. The van der Waals surface area contributed by atoms with E-state index in [1.54, 1.807) is 14.0 Å². The number of aliphatic hydroxyl groups is 1. The molecule has 0 radical (unpaired) electrons. The van der Waals surface area contributed by atoms with Crippen LogP contribution in [0.5, 0.6) is 0 Å². The van der Waals surface area contributed by atoms with Crippen LogP contribution in [-0.2, 0) is 15.9 Å². The van der Waals surface area contributed by atoms with Gasteiger partial charge in [0.05, 0.1) is 19.8 Å². The molecule has 6 nitrogen and oxygen atoms in total. The smallest absolute Gasteiger partial charge is 0.255 e. The monoisotopic (exact) mass is 216 g/mol. The maximum atomic E-state index is 9.13. The van der Waals surface area contributed by atoms with E-state index in [1.807, 2.05) is 0 Å². The molecule has 0 fully saturated rings. The zero-order valence-corrected chi connectivity index (χ0v) is 8.97. The van der Waals surface area contributed by atoms with Crippen LogP contribution in [0, 0.1) is 0 Å².